The molecular weight excluding hydrogens is 233 g/mol. The molecule has 0 fully saturated rings. The number of hydrogen-bond donors (Lipinski definition) is 2. The highest BCUT2D eigenvalue weighted by Crippen LogP contribution is 2.23. The molecule has 4 nitrogen and oxygen atoms in total. The van der Waals surface area contributed by atoms with E-state index in [-0.39, 0.29) is 5.75 Å². The van der Waals surface area contributed by atoms with Crippen LogP contribution in [0.1, 0.15) is 5.56 Å². The maximum atomic E-state index is 13.5. The molecule has 0 amide bonds. The average Bonchev–Trinajstić information content (AvgIpc) is 2.34. The zero-order valence-electron chi connectivity index (χ0n) is 10.2. The van der Waals surface area contributed by atoms with Gasteiger partial charge in [0.05, 0.1) is 19.0 Å². The lowest BCUT2D eigenvalue weighted by Gasteiger charge is -2.09. The molecule has 0 aliphatic carbocycles. The van der Waals surface area contributed by atoms with E-state index in [0.29, 0.717) is 17.2 Å². The Labute approximate surface area is 105 Å². The van der Waals surface area contributed by atoms with E-state index in [4.69, 9.17) is 10.5 Å². The molecule has 0 aliphatic rings. The topological polar surface area (TPSA) is 60.2 Å². The lowest BCUT2D eigenvalue weighted by Crippen LogP contribution is -1.98. The Bertz CT molecular complexity index is 572. The summed E-state index contributed by atoms with van der Waals surface area (Å²) in [5.74, 6) is 0.405. The summed E-state index contributed by atoms with van der Waals surface area (Å²) < 4.78 is 18.3. The molecular formula is C13H14FN3O. The molecule has 3 N–H and O–H groups in total. The quantitative estimate of drug-likeness (QED) is 0.875. The summed E-state index contributed by atoms with van der Waals surface area (Å²) in [6, 6.07) is 6.43. The van der Waals surface area contributed by atoms with Crippen LogP contribution in [0.15, 0.2) is 30.5 Å². The van der Waals surface area contributed by atoms with E-state index in [2.05, 4.69) is 10.3 Å². The van der Waals surface area contributed by atoms with Crippen molar-refractivity contribution in [2.75, 3.05) is 18.2 Å². The maximum Gasteiger partial charge on any atom is 0.167 e. The molecule has 1 aromatic heterocycles. The van der Waals surface area contributed by atoms with Gasteiger partial charge in [-0.05, 0) is 30.7 Å². The molecule has 0 saturated heterocycles. The lowest BCUT2D eigenvalue weighted by atomic mass is 10.2. The van der Waals surface area contributed by atoms with Crippen LogP contribution in [-0.2, 0) is 0 Å². The number of aryl methyl sites for hydroxylation is 1. The normalized spacial score (nSPS) is 10.2. The molecule has 0 atom stereocenters. The van der Waals surface area contributed by atoms with Gasteiger partial charge in [0, 0.05) is 11.8 Å². The predicted octanol–water partition coefficient (Wildman–Crippen LogP) is 2.86. The maximum absolute atomic E-state index is 13.5. The highest BCUT2D eigenvalue weighted by Gasteiger charge is 2.04. The van der Waals surface area contributed by atoms with Crippen molar-refractivity contribution in [2.24, 2.45) is 0 Å². The molecule has 0 aliphatic heterocycles. The van der Waals surface area contributed by atoms with Gasteiger partial charge in [-0.25, -0.2) is 9.37 Å². The van der Waals surface area contributed by atoms with E-state index in [9.17, 15) is 4.39 Å². The summed E-state index contributed by atoms with van der Waals surface area (Å²) in [4.78, 5) is 4.12. The Morgan fingerprint density at radius 2 is 2.11 bits per heavy atom. The first-order chi connectivity index (χ1) is 8.60. The monoisotopic (exact) mass is 247 g/mol. The number of nitrogen functional groups attached to an aromatic ring is 1. The number of rotatable bonds is 3. The van der Waals surface area contributed by atoms with E-state index in [1.54, 1.807) is 24.4 Å². The van der Waals surface area contributed by atoms with Crippen LogP contribution in [0.25, 0.3) is 0 Å². The fourth-order valence-corrected chi connectivity index (χ4v) is 1.53. The van der Waals surface area contributed by atoms with Gasteiger partial charge in [0.25, 0.3) is 0 Å². The Kier molecular flexibility index (Phi) is 3.32. The molecule has 2 aromatic rings. The van der Waals surface area contributed by atoms with Crippen LogP contribution in [-0.4, -0.2) is 12.1 Å². The van der Waals surface area contributed by atoms with Gasteiger partial charge in [0.15, 0.2) is 11.6 Å². The molecule has 94 valence electrons. The van der Waals surface area contributed by atoms with Gasteiger partial charge < -0.3 is 15.8 Å². The number of pyridine rings is 1. The molecule has 0 unspecified atom stereocenters. The SMILES string of the molecule is COc1ccc(Nc2cc(C)c(N)cn2)cc1F. The third-order valence-electron chi connectivity index (χ3n) is 2.58. The summed E-state index contributed by atoms with van der Waals surface area (Å²) in [6.07, 6.45) is 1.57. The largest absolute Gasteiger partial charge is 0.494 e. The summed E-state index contributed by atoms with van der Waals surface area (Å²) in [5.41, 5.74) is 7.82. The zero-order valence-corrected chi connectivity index (χ0v) is 10.2. The summed E-state index contributed by atoms with van der Waals surface area (Å²) in [6.45, 7) is 1.89. The van der Waals surface area contributed by atoms with Gasteiger partial charge in [-0.3, -0.25) is 0 Å². The van der Waals surface area contributed by atoms with Crippen LogP contribution >= 0.6 is 0 Å². The summed E-state index contributed by atoms with van der Waals surface area (Å²) in [7, 11) is 1.43. The minimum atomic E-state index is -0.422. The van der Waals surface area contributed by atoms with E-state index >= 15 is 0 Å². The number of hydrogen-bond acceptors (Lipinski definition) is 4. The van der Waals surface area contributed by atoms with Crippen LogP contribution in [0, 0.1) is 12.7 Å². The molecule has 0 bridgehead atoms. The minimum absolute atomic E-state index is 0.210. The van der Waals surface area contributed by atoms with Crippen molar-refractivity contribution in [1.29, 1.82) is 0 Å². The van der Waals surface area contributed by atoms with Gasteiger partial charge in [0.2, 0.25) is 0 Å². The zero-order chi connectivity index (χ0) is 13.1. The highest BCUT2D eigenvalue weighted by atomic mass is 19.1. The van der Waals surface area contributed by atoms with Crippen LogP contribution < -0.4 is 15.8 Å². The van der Waals surface area contributed by atoms with Crippen molar-refractivity contribution in [3.63, 3.8) is 0 Å². The van der Waals surface area contributed by atoms with Gasteiger partial charge in [-0.1, -0.05) is 0 Å². The third-order valence-corrected chi connectivity index (χ3v) is 2.58. The molecule has 5 heteroatoms. The number of nitrogens with two attached hydrogens (primary N) is 1. The average molecular weight is 247 g/mol. The molecule has 1 heterocycles. The third kappa shape index (κ3) is 2.51. The van der Waals surface area contributed by atoms with Crippen LogP contribution in [0.3, 0.4) is 0 Å². The van der Waals surface area contributed by atoms with Gasteiger partial charge in [-0.15, -0.1) is 0 Å². The van der Waals surface area contributed by atoms with Crippen LogP contribution in [0.5, 0.6) is 5.75 Å². The van der Waals surface area contributed by atoms with E-state index in [1.807, 2.05) is 6.92 Å². The Morgan fingerprint density at radius 3 is 2.72 bits per heavy atom. The van der Waals surface area contributed by atoms with Crippen molar-refractivity contribution in [3.05, 3.63) is 41.8 Å². The summed E-state index contributed by atoms with van der Waals surface area (Å²) in [5, 5.41) is 3.00. The van der Waals surface area contributed by atoms with Crippen molar-refractivity contribution in [2.45, 2.75) is 6.92 Å². The number of halogens is 1. The second-order valence-electron chi connectivity index (χ2n) is 3.90. The van der Waals surface area contributed by atoms with Gasteiger partial charge in [0.1, 0.15) is 5.82 Å². The molecule has 1 aromatic carbocycles. The molecule has 0 radical (unpaired) electrons. The number of methoxy groups -OCH3 is 1. The number of benzene rings is 1. The highest BCUT2D eigenvalue weighted by molar-refractivity contribution is 5.60. The first-order valence-corrected chi connectivity index (χ1v) is 5.43. The Hall–Kier alpha value is -2.30. The van der Waals surface area contributed by atoms with Gasteiger partial charge in [-0.2, -0.15) is 0 Å². The lowest BCUT2D eigenvalue weighted by molar-refractivity contribution is 0.386. The van der Waals surface area contributed by atoms with E-state index < -0.39 is 5.82 Å². The molecule has 2 rings (SSSR count). The minimum Gasteiger partial charge on any atom is -0.494 e. The molecule has 0 spiro atoms. The number of anilines is 3. The van der Waals surface area contributed by atoms with E-state index in [1.165, 1.54) is 13.2 Å². The van der Waals surface area contributed by atoms with Crippen LogP contribution in [0.2, 0.25) is 0 Å². The van der Waals surface area contributed by atoms with Crippen molar-refractivity contribution >= 4 is 17.2 Å². The number of nitrogens with one attached hydrogen (secondary N) is 1. The summed E-state index contributed by atoms with van der Waals surface area (Å²) >= 11 is 0. The number of ether oxygens (including phenoxy) is 1. The predicted molar refractivity (Wildman–Crippen MR) is 69.6 cm³/mol. The number of nitrogens with zero attached hydrogens (tertiary/aromatic N) is 1. The Balaban J connectivity index is 2.23. The van der Waals surface area contributed by atoms with Crippen molar-refractivity contribution in [1.82, 2.24) is 4.98 Å². The first kappa shape index (κ1) is 12.2. The molecule has 18 heavy (non-hydrogen) atoms. The second kappa shape index (κ2) is 4.91. The number of aromatic nitrogens is 1. The fraction of sp³-hybridized carbons (Fsp3) is 0.154. The Morgan fingerprint density at radius 1 is 1.33 bits per heavy atom. The molecule has 0 saturated carbocycles. The second-order valence-corrected chi connectivity index (χ2v) is 3.90. The van der Waals surface area contributed by atoms with E-state index in [0.717, 1.165) is 5.56 Å². The standard InChI is InChI=1S/C13H14FN3O/c1-8-5-13(16-7-11(8)15)17-9-3-4-12(18-2)10(14)6-9/h3-7H,15H2,1-2H3,(H,16,17). The fourth-order valence-electron chi connectivity index (χ4n) is 1.53. The first-order valence-electron chi connectivity index (χ1n) is 5.43. The van der Waals surface area contributed by atoms with Crippen LogP contribution in [0.4, 0.5) is 21.6 Å². The van der Waals surface area contributed by atoms with Crippen molar-refractivity contribution < 1.29 is 9.13 Å². The van der Waals surface area contributed by atoms with Gasteiger partial charge >= 0.3 is 0 Å². The van der Waals surface area contributed by atoms with Crippen molar-refractivity contribution in [3.8, 4) is 5.75 Å². The smallest absolute Gasteiger partial charge is 0.167 e.